The van der Waals surface area contributed by atoms with Crippen molar-refractivity contribution in [3.8, 4) is 6.07 Å². The number of hydrogen-bond acceptors (Lipinski definition) is 6. The summed E-state index contributed by atoms with van der Waals surface area (Å²) in [5.74, 6) is 0.829. The van der Waals surface area contributed by atoms with Crippen LogP contribution in [0.4, 0.5) is 0 Å². The average molecular weight is 357 g/mol. The van der Waals surface area contributed by atoms with Crippen LogP contribution in [0.25, 0.3) is 0 Å². The van der Waals surface area contributed by atoms with E-state index in [0.29, 0.717) is 32.0 Å². The first-order valence-corrected chi connectivity index (χ1v) is 8.99. The van der Waals surface area contributed by atoms with Crippen molar-refractivity contribution in [3.05, 3.63) is 35.8 Å². The number of fused-ring (bicyclic) bond motifs is 1. The third kappa shape index (κ3) is 4.49. The van der Waals surface area contributed by atoms with E-state index in [1.165, 1.54) is 0 Å². The number of aryl methyl sites for hydroxylation is 1. The zero-order chi connectivity index (χ0) is 18.2. The molecule has 3 rings (SSSR count). The third-order valence-electron chi connectivity index (χ3n) is 4.38. The van der Waals surface area contributed by atoms with Crippen molar-refractivity contribution in [1.29, 1.82) is 5.26 Å². The number of hydrogen-bond donors (Lipinski definition) is 1. The second-order valence-electron chi connectivity index (χ2n) is 6.28. The van der Waals surface area contributed by atoms with Gasteiger partial charge in [-0.3, -0.25) is 4.79 Å². The molecular weight excluding hydrogens is 334 g/mol. The maximum absolute atomic E-state index is 12.4. The SMILES string of the molecule is N#C[C@@H](C(=O)NCCCOCc1ccco1)c1nnc2n1CCCCC2. The summed E-state index contributed by atoms with van der Waals surface area (Å²) >= 11 is 0. The van der Waals surface area contributed by atoms with Crippen LogP contribution >= 0.6 is 0 Å². The molecule has 0 aliphatic carbocycles. The molecule has 0 saturated carbocycles. The molecule has 0 saturated heterocycles. The number of carbonyl (C=O) groups is 1. The van der Waals surface area contributed by atoms with E-state index in [-0.39, 0.29) is 5.91 Å². The number of amides is 1. The first kappa shape index (κ1) is 18.1. The minimum atomic E-state index is -0.932. The lowest BCUT2D eigenvalue weighted by Gasteiger charge is -2.12. The maximum atomic E-state index is 12.4. The highest BCUT2D eigenvalue weighted by atomic mass is 16.5. The second-order valence-corrected chi connectivity index (χ2v) is 6.28. The Labute approximate surface area is 152 Å². The molecular formula is C18H23N5O3. The van der Waals surface area contributed by atoms with Crippen molar-refractivity contribution in [2.75, 3.05) is 13.2 Å². The van der Waals surface area contributed by atoms with Crippen molar-refractivity contribution in [2.24, 2.45) is 0 Å². The second kappa shape index (κ2) is 9.15. The molecule has 0 aromatic carbocycles. The Morgan fingerprint density at radius 2 is 2.35 bits per heavy atom. The number of aromatic nitrogens is 3. The van der Waals surface area contributed by atoms with Crippen LogP contribution in [0, 0.1) is 11.3 Å². The van der Waals surface area contributed by atoms with E-state index in [4.69, 9.17) is 9.15 Å². The molecule has 26 heavy (non-hydrogen) atoms. The molecule has 0 spiro atoms. The summed E-state index contributed by atoms with van der Waals surface area (Å²) in [6.07, 6.45) is 6.32. The summed E-state index contributed by atoms with van der Waals surface area (Å²) in [7, 11) is 0. The first-order valence-electron chi connectivity index (χ1n) is 8.99. The summed E-state index contributed by atoms with van der Waals surface area (Å²) in [6.45, 7) is 2.12. The van der Waals surface area contributed by atoms with Gasteiger partial charge in [-0.05, 0) is 31.4 Å². The fraction of sp³-hybridized carbons (Fsp3) is 0.556. The Bertz CT molecular complexity index is 747. The van der Waals surface area contributed by atoms with Crippen LogP contribution < -0.4 is 5.32 Å². The average Bonchev–Trinajstić information content (AvgIpc) is 3.24. The monoisotopic (exact) mass is 357 g/mol. The predicted molar refractivity (Wildman–Crippen MR) is 91.9 cm³/mol. The Balaban J connectivity index is 1.45. The molecule has 0 bridgehead atoms. The lowest BCUT2D eigenvalue weighted by molar-refractivity contribution is -0.121. The smallest absolute Gasteiger partial charge is 0.245 e. The largest absolute Gasteiger partial charge is 0.467 e. The summed E-state index contributed by atoms with van der Waals surface area (Å²) in [6, 6.07) is 5.73. The zero-order valence-corrected chi connectivity index (χ0v) is 14.7. The van der Waals surface area contributed by atoms with Gasteiger partial charge >= 0.3 is 0 Å². The normalized spacial score (nSPS) is 14.9. The fourth-order valence-electron chi connectivity index (χ4n) is 3.01. The van der Waals surface area contributed by atoms with E-state index in [2.05, 4.69) is 21.6 Å². The van der Waals surface area contributed by atoms with Gasteiger partial charge in [-0.2, -0.15) is 5.26 Å². The number of ether oxygens (including phenoxy) is 1. The van der Waals surface area contributed by atoms with Crippen LogP contribution in [0.1, 0.15) is 49.0 Å². The Morgan fingerprint density at radius 3 is 3.15 bits per heavy atom. The van der Waals surface area contributed by atoms with Gasteiger partial charge in [-0.15, -0.1) is 10.2 Å². The van der Waals surface area contributed by atoms with Crippen LogP contribution in [0.5, 0.6) is 0 Å². The first-order chi connectivity index (χ1) is 12.8. The predicted octanol–water partition coefficient (Wildman–Crippen LogP) is 1.93. The quantitative estimate of drug-likeness (QED) is 0.724. The van der Waals surface area contributed by atoms with Crippen molar-refractivity contribution in [3.63, 3.8) is 0 Å². The summed E-state index contributed by atoms with van der Waals surface area (Å²) in [5.41, 5.74) is 0. The zero-order valence-electron chi connectivity index (χ0n) is 14.7. The van der Waals surface area contributed by atoms with Crippen molar-refractivity contribution >= 4 is 5.91 Å². The molecule has 0 fully saturated rings. The Hall–Kier alpha value is -2.66. The van der Waals surface area contributed by atoms with Crippen molar-refractivity contribution < 1.29 is 13.9 Å². The lowest BCUT2D eigenvalue weighted by Crippen LogP contribution is -2.31. The molecule has 2 aromatic heterocycles. The highest BCUT2D eigenvalue weighted by Gasteiger charge is 2.27. The molecule has 8 heteroatoms. The van der Waals surface area contributed by atoms with E-state index >= 15 is 0 Å². The molecule has 1 aliphatic rings. The van der Waals surface area contributed by atoms with Crippen LogP contribution in [-0.4, -0.2) is 33.8 Å². The molecule has 2 aromatic rings. The van der Waals surface area contributed by atoms with E-state index in [1.54, 1.807) is 6.26 Å². The van der Waals surface area contributed by atoms with E-state index in [0.717, 1.165) is 43.8 Å². The van der Waals surface area contributed by atoms with Crippen LogP contribution in [-0.2, 0) is 29.1 Å². The van der Waals surface area contributed by atoms with Gasteiger partial charge in [0, 0.05) is 26.1 Å². The van der Waals surface area contributed by atoms with Gasteiger partial charge in [0.15, 0.2) is 11.7 Å². The molecule has 1 amide bonds. The van der Waals surface area contributed by atoms with Crippen molar-refractivity contribution in [1.82, 2.24) is 20.1 Å². The van der Waals surface area contributed by atoms with Gasteiger partial charge in [0.1, 0.15) is 18.2 Å². The molecule has 8 nitrogen and oxygen atoms in total. The Kier molecular flexibility index (Phi) is 6.39. The van der Waals surface area contributed by atoms with Gasteiger partial charge in [0.25, 0.3) is 0 Å². The summed E-state index contributed by atoms with van der Waals surface area (Å²) < 4.78 is 12.6. The molecule has 0 radical (unpaired) electrons. The maximum Gasteiger partial charge on any atom is 0.245 e. The van der Waals surface area contributed by atoms with Crippen molar-refractivity contribution in [2.45, 2.75) is 51.2 Å². The number of furan rings is 1. The van der Waals surface area contributed by atoms with Gasteiger partial charge < -0.3 is 19.0 Å². The minimum absolute atomic E-state index is 0.335. The highest BCUT2D eigenvalue weighted by molar-refractivity contribution is 5.85. The number of rotatable bonds is 8. The summed E-state index contributed by atoms with van der Waals surface area (Å²) in [5, 5.41) is 20.5. The number of nitrogens with zero attached hydrogens (tertiary/aromatic N) is 4. The highest BCUT2D eigenvalue weighted by Crippen LogP contribution is 2.20. The molecule has 1 atom stereocenters. The van der Waals surface area contributed by atoms with Gasteiger partial charge in [-0.1, -0.05) is 6.42 Å². The van der Waals surface area contributed by atoms with Crippen LogP contribution in [0.3, 0.4) is 0 Å². The lowest BCUT2D eigenvalue weighted by atomic mass is 10.1. The third-order valence-corrected chi connectivity index (χ3v) is 4.38. The Morgan fingerprint density at radius 1 is 1.42 bits per heavy atom. The number of carbonyl (C=O) groups excluding carboxylic acids is 1. The molecule has 0 unspecified atom stereocenters. The number of nitriles is 1. The number of nitrogens with one attached hydrogen (secondary N) is 1. The van der Waals surface area contributed by atoms with E-state index in [9.17, 15) is 10.1 Å². The molecule has 1 aliphatic heterocycles. The van der Waals surface area contributed by atoms with Gasteiger partial charge in [-0.25, -0.2) is 0 Å². The minimum Gasteiger partial charge on any atom is -0.467 e. The van der Waals surface area contributed by atoms with Gasteiger partial charge in [0.2, 0.25) is 5.91 Å². The van der Waals surface area contributed by atoms with E-state index in [1.807, 2.05) is 16.7 Å². The standard InChI is InChI=1S/C18H23N5O3/c19-12-15(17-22-21-16-7-2-1-3-9-23(16)17)18(24)20-8-5-10-25-13-14-6-4-11-26-14/h4,6,11,15H,1-3,5,7-10,13H2,(H,20,24)/t15-/m1/s1. The fourth-order valence-corrected chi connectivity index (χ4v) is 3.01. The van der Waals surface area contributed by atoms with Gasteiger partial charge in [0.05, 0.1) is 12.3 Å². The topological polar surface area (TPSA) is 106 Å². The molecule has 1 N–H and O–H groups in total. The molecule has 3 heterocycles. The van der Waals surface area contributed by atoms with E-state index < -0.39 is 5.92 Å². The van der Waals surface area contributed by atoms with Crippen LogP contribution in [0.15, 0.2) is 22.8 Å². The summed E-state index contributed by atoms with van der Waals surface area (Å²) in [4.78, 5) is 12.4. The van der Waals surface area contributed by atoms with Crippen LogP contribution in [0.2, 0.25) is 0 Å². The molecule has 138 valence electrons.